The minimum absolute atomic E-state index is 0.346. The highest BCUT2D eigenvalue weighted by atomic mass is 19.4. The highest BCUT2D eigenvalue weighted by molar-refractivity contribution is 5.17. The molecule has 0 fully saturated rings. The molecule has 0 aliphatic rings. The van der Waals surface area contributed by atoms with E-state index >= 15 is 0 Å². The number of alkyl halides is 3. The predicted octanol–water partition coefficient (Wildman–Crippen LogP) is 2.73. The summed E-state index contributed by atoms with van der Waals surface area (Å²) >= 11 is 0. The van der Waals surface area contributed by atoms with E-state index in [2.05, 4.69) is 6.07 Å². The van der Waals surface area contributed by atoms with Crippen molar-refractivity contribution in [3.63, 3.8) is 0 Å². The van der Waals surface area contributed by atoms with Crippen molar-refractivity contribution in [3.05, 3.63) is 35.6 Å². The van der Waals surface area contributed by atoms with E-state index in [1.165, 1.54) is 6.07 Å². The lowest BCUT2D eigenvalue weighted by molar-refractivity contribution is -0.127. The van der Waals surface area contributed by atoms with Gasteiger partial charge in [0.1, 0.15) is 5.82 Å². The summed E-state index contributed by atoms with van der Waals surface area (Å²) in [5.41, 5.74) is -0.346. The van der Waals surface area contributed by atoms with Gasteiger partial charge in [-0.25, -0.2) is 4.39 Å². The molecule has 1 radical (unpaired) electrons. The standard InChI is InChI=1S/C8H5F4/c9-7-4-2-1-3-6(7)5-8(10,11)12/h1,3-4H,5H2. The maximum atomic E-state index is 12.6. The van der Waals surface area contributed by atoms with Gasteiger partial charge >= 0.3 is 6.18 Å². The van der Waals surface area contributed by atoms with Crippen LogP contribution in [0.25, 0.3) is 0 Å². The summed E-state index contributed by atoms with van der Waals surface area (Å²) < 4.78 is 47.8. The Labute approximate surface area is 66.8 Å². The van der Waals surface area contributed by atoms with Crippen LogP contribution in [0, 0.1) is 11.9 Å². The topological polar surface area (TPSA) is 0 Å². The largest absolute Gasteiger partial charge is 0.393 e. The SMILES string of the molecule is Fc1c[c]ccc1CC(F)(F)F. The Balaban J connectivity index is 2.83. The van der Waals surface area contributed by atoms with Crippen LogP contribution >= 0.6 is 0 Å². The van der Waals surface area contributed by atoms with Crippen molar-refractivity contribution in [1.29, 1.82) is 0 Å². The zero-order chi connectivity index (χ0) is 9.19. The molecule has 0 atom stereocenters. The minimum atomic E-state index is -4.36. The van der Waals surface area contributed by atoms with Gasteiger partial charge in [-0.3, -0.25) is 0 Å². The molecule has 0 saturated carbocycles. The van der Waals surface area contributed by atoms with Gasteiger partial charge in [0.15, 0.2) is 0 Å². The van der Waals surface area contributed by atoms with Crippen molar-refractivity contribution >= 4 is 0 Å². The zero-order valence-electron chi connectivity index (χ0n) is 5.95. The Hall–Kier alpha value is -1.06. The lowest BCUT2D eigenvalue weighted by Gasteiger charge is -2.06. The van der Waals surface area contributed by atoms with E-state index in [0.717, 1.165) is 12.1 Å². The monoisotopic (exact) mass is 177 g/mol. The molecule has 65 valence electrons. The average molecular weight is 177 g/mol. The molecule has 0 nitrogen and oxygen atoms in total. The number of benzene rings is 1. The second-order valence-electron chi connectivity index (χ2n) is 2.31. The summed E-state index contributed by atoms with van der Waals surface area (Å²) in [7, 11) is 0. The van der Waals surface area contributed by atoms with Crippen molar-refractivity contribution in [1.82, 2.24) is 0 Å². The first kappa shape index (κ1) is 9.03. The van der Waals surface area contributed by atoms with Crippen LogP contribution in [0.4, 0.5) is 17.6 Å². The molecule has 0 aromatic heterocycles. The predicted molar refractivity (Wildman–Crippen MR) is 35.0 cm³/mol. The van der Waals surface area contributed by atoms with E-state index in [1.54, 1.807) is 0 Å². The Bertz CT molecular complexity index is 264. The third kappa shape index (κ3) is 2.53. The molecule has 0 amide bonds. The van der Waals surface area contributed by atoms with Crippen LogP contribution in [0.5, 0.6) is 0 Å². The fourth-order valence-electron chi connectivity index (χ4n) is 0.802. The first-order valence-electron chi connectivity index (χ1n) is 3.20. The van der Waals surface area contributed by atoms with Crippen LogP contribution in [0.3, 0.4) is 0 Å². The Morgan fingerprint density at radius 2 is 2.00 bits per heavy atom. The van der Waals surface area contributed by atoms with Gasteiger partial charge in [-0.1, -0.05) is 12.1 Å². The van der Waals surface area contributed by atoms with E-state index in [-0.39, 0.29) is 5.56 Å². The van der Waals surface area contributed by atoms with Crippen molar-refractivity contribution in [2.75, 3.05) is 0 Å². The van der Waals surface area contributed by atoms with Crippen LogP contribution in [-0.2, 0) is 6.42 Å². The van der Waals surface area contributed by atoms with Gasteiger partial charge in [0.2, 0.25) is 0 Å². The van der Waals surface area contributed by atoms with Crippen LogP contribution in [-0.4, -0.2) is 6.18 Å². The Morgan fingerprint density at radius 3 is 2.50 bits per heavy atom. The fourth-order valence-corrected chi connectivity index (χ4v) is 0.802. The maximum Gasteiger partial charge on any atom is 0.393 e. The molecular weight excluding hydrogens is 172 g/mol. The number of hydrogen-bond donors (Lipinski definition) is 0. The molecular formula is C8H5F4. The van der Waals surface area contributed by atoms with Crippen molar-refractivity contribution < 1.29 is 17.6 Å². The van der Waals surface area contributed by atoms with E-state index in [0.29, 0.717) is 0 Å². The van der Waals surface area contributed by atoms with Crippen molar-refractivity contribution in [2.45, 2.75) is 12.6 Å². The molecule has 0 aliphatic heterocycles. The average Bonchev–Trinajstić information content (AvgIpc) is 1.91. The van der Waals surface area contributed by atoms with Crippen LogP contribution in [0.15, 0.2) is 18.2 Å². The molecule has 1 aromatic rings. The number of rotatable bonds is 1. The lowest BCUT2D eigenvalue weighted by Crippen LogP contribution is -2.12. The van der Waals surface area contributed by atoms with E-state index in [9.17, 15) is 17.6 Å². The number of halogens is 4. The van der Waals surface area contributed by atoms with Gasteiger partial charge in [-0.2, -0.15) is 13.2 Å². The summed E-state index contributed by atoms with van der Waals surface area (Å²) in [5.74, 6) is -0.866. The highest BCUT2D eigenvalue weighted by Gasteiger charge is 2.28. The molecule has 0 N–H and O–H groups in total. The molecule has 0 saturated heterocycles. The summed E-state index contributed by atoms with van der Waals surface area (Å²) in [5, 5.41) is 0. The fraction of sp³-hybridized carbons (Fsp3) is 0.250. The second-order valence-corrected chi connectivity index (χ2v) is 2.31. The smallest absolute Gasteiger partial charge is 0.207 e. The van der Waals surface area contributed by atoms with Gasteiger partial charge in [0.25, 0.3) is 0 Å². The maximum absolute atomic E-state index is 12.6. The zero-order valence-corrected chi connectivity index (χ0v) is 5.95. The Kier molecular flexibility index (Phi) is 2.35. The van der Waals surface area contributed by atoms with Gasteiger partial charge in [0, 0.05) is 0 Å². The van der Waals surface area contributed by atoms with Gasteiger partial charge in [0.05, 0.1) is 6.42 Å². The summed E-state index contributed by atoms with van der Waals surface area (Å²) in [6.45, 7) is 0. The number of hydrogen-bond acceptors (Lipinski definition) is 0. The Morgan fingerprint density at radius 1 is 1.33 bits per heavy atom. The molecule has 0 aliphatic carbocycles. The lowest BCUT2D eigenvalue weighted by atomic mass is 10.1. The normalized spacial score (nSPS) is 11.7. The molecule has 12 heavy (non-hydrogen) atoms. The van der Waals surface area contributed by atoms with Crippen molar-refractivity contribution in [2.24, 2.45) is 0 Å². The third-order valence-electron chi connectivity index (χ3n) is 1.29. The van der Waals surface area contributed by atoms with E-state index < -0.39 is 18.4 Å². The van der Waals surface area contributed by atoms with Gasteiger partial charge in [-0.15, -0.1) is 0 Å². The first-order chi connectivity index (χ1) is 5.49. The molecule has 0 spiro atoms. The van der Waals surface area contributed by atoms with Crippen LogP contribution in [0.1, 0.15) is 5.56 Å². The molecule has 0 unspecified atom stereocenters. The van der Waals surface area contributed by atoms with Crippen molar-refractivity contribution in [3.8, 4) is 0 Å². The first-order valence-corrected chi connectivity index (χ1v) is 3.20. The van der Waals surface area contributed by atoms with Gasteiger partial charge < -0.3 is 0 Å². The summed E-state index contributed by atoms with van der Waals surface area (Å²) in [4.78, 5) is 0. The van der Waals surface area contributed by atoms with E-state index in [4.69, 9.17) is 0 Å². The summed E-state index contributed by atoms with van der Waals surface area (Å²) in [6, 6.07) is 5.56. The second kappa shape index (κ2) is 3.13. The molecule has 1 rings (SSSR count). The molecule has 0 heterocycles. The molecule has 0 bridgehead atoms. The minimum Gasteiger partial charge on any atom is -0.207 e. The highest BCUT2D eigenvalue weighted by Crippen LogP contribution is 2.22. The quantitative estimate of drug-likeness (QED) is 0.578. The van der Waals surface area contributed by atoms with Crippen LogP contribution in [0.2, 0.25) is 0 Å². The van der Waals surface area contributed by atoms with E-state index in [1.807, 2.05) is 0 Å². The molecule has 4 heteroatoms. The van der Waals surface area contributed by atoms with Crippen LogP contribution < -0.4 is 0 Å². The van der Waals surface area contributed by atoms with Gasteiger partial charge in [-0.05, 0) is 17.7 Å². The summed E-state index contributed by atoms with van der Waals surface area (Å²) in [6.07, 6.45) is -5.59. The third-order valence-corrected chi connectivity index (χ3v) is 1.29. The molecule has 1 aromatic carbocycles.